The Kier molecular flexibility index (Phi) is 2.79. The van der Waals surface area contributed by atoms with Crippen LogP contribution in [0.5, 0.6) is 0 Å². The predicted molar refractivity (Wildman–Crippen MR) is 55.3 cm³/mol. The van der Waals surface area contributed by atoms with E-state index in [1.54, 1.807) is 14.1 Å². The zero-order chi connectivity index (χ0) is 10.3. The smallest absolute Gasteiger partial charge is 0.0156 e. The lowest BCUT2D eigenvalue weighted by atomic mass is 9.58. The number of likely N-dealkylation sites (N-methyl/N-ethyl adjacent to an activating group) is 2. The Morgan fingerprint density at radius 1 is 0.857 bits per heavy atom. The first-order valence-electron chi connectivity index (χ1n) is 5.43. The Hall–Kier alpha value is -0.160. The molecule has 14 heavy (non-hydrogen) atoms. The molecule has 2 fully saturated rings. The number of hydrogen-bond donors (Lipinski definition) is 0. The minimum Gasteiger partial charge on any atom is -0.785 e. The van der Waals surface area contributed by atoms with Crippen LogP contribution in [0.1, 0.15) is 25.7 Å². The fourth-order valence-electron chi connectivity index (χ4n) is 3.37. The molecule has 82 valence electrons. The van der Waals surface area contributed by atoms with Crippen LogP contribution in [-0.2, 0) is 0 Å². The summed E-state index contributed by atoms with van der Waals surface area (Å²) in [5.41, 5.74) is 0. The normalized spacial score (nSPS) is 42.4. The maximum atomic E-state index is 11.3. The molecule has 0 saturated heterocycles. The van der Waals surface area contributed by atoms with E-state index in [0.29, 0.717) is 11.8 Å². The number of fused-ring (bicyclic) bond motifs is 1. The monoisotopic (exact) mass is 198 g/mol. The molecule has 0 N–H and O–H groups in total. The van der Waals surface area contributed by atoms with E-state index in [9.17, 15) is 10.4 Å². The van der Waals surface area contributed by atoms with Crippen molar-refractivity contribution >= 4 is 0 Å². The topological polar surface area (TPSA) is 52.6 Å². The fraction of sp³-hybridized carbons (Fsp3) is 1.00. The van der Waals surface area contributed by atoms with Crippen LogP contribution in [0.2, 0.25) is 0 Å². The first-order chi connectivity index (χ1) is 6.63. The van der Waals surface area contributed by atoms with E-state index >= 15 is 0 Å². The average Bonchev–Trinajstić information content (AvgIpc) is 2.05. The van der Waals surface area contributed by atoms with E-state index in [-0.39, 0.29) is 12.1 Å². The SMILES string of the molecule is CN([O-])C1C2CCCCC2C1N(C)[O-]. The van der Waals surface area contributed by atoms with Crippen LogP contribution in [0.25, 0.3) is 0 Å². The van der Waals surface area contributed by atoms with Crippen molar-refractivity contribution in [1.82, 2.24) is 10.1 Å². The molecule has 2 rings (SSSR count). The minimum absolute atomic E-state index is 0.0530. The van der Waals surface area contributed by atoms with Gasteiger partial charge in [0, 0.05) is 12.1 Å². The second kappa shape index (κ2) is 3.77. The molecule has 0 heterocycles. The molecule has 0 aromatic heterocycles. The van der Waals surface area contributed by atoms with Crippen molar-refractivity contribution in [3.63, 3.8) is 0 Å². The van der Waals surface area contributed by atoms with Crippen LogP contribution in [-0.4, -0.2) is 36.3 Å². The van der Waals surface area contributed by atoms with Gasteiger partial charge in [0.15, 0.2) is 0 Å². The molecule has 2 aliphatic carbocycles. The van der Waals surface area contributed by atoms with Gasteiger partial charge in [0.05, 0.1) is 0 Å². The van der Waals surface area contributed by atoms with E-state index in [0.717, 1.165) is 23.0 Å². The van der Waals surface area contributed by atoms with Crippen LogP contribution in [0.15, 0.2) is 0 Å². The number of nitrogens with zero attached hydrogens (tertiary/aromatic N) is 2. The van der Waals surface area contributed by atoms with Gasteiger partial charge in [-0.1, -0.05) is 12.8 Å². The highest BCUT2D eigenvalue weighted by Crippen LogP contribution is 2.48. The summed E-state index contributed by atoms with van der Waals surface area (Å²) in [5, 5.41) is 24.7. The quantitative estimate of drug-likeness (QED) is 0.629. The van der Waals surface area contributed by atoms with Crippen molar-refractivity contribution in [2.45, 2.75) is 37.8 Å². The Bertz CT molecular complexity index is 186. The van der Waals surface area contributed by atoms with Crippen molar-refractivity contribution in [2.75, 3.05) is 14.1 Å². The largest absolute Gasteiger partial charge is 0.785 e. The van der Waals surface area contributed by atoms with E-state index in [1.807, 2.05) is 0 Å². The van der Waals surface area contributed by atoms with Gasteiger partial charge in [-0.25, -0.2) is 0 Å². The lowest BCUT2D eigenvalue weighted by Crippen LogP contribution is -2.66. The molecule has 4 unspecified atom stereocenters. The van der Waals surface area contributed by atoms with Crippen molar-refractivity contribution in [3.05, 3.63) is 10.4 Å². The van der Waals surface area contributed by atoms with E-state index in [1.165, 1.54) is 12.8 Å². The summed E-state index contributed by atoms with van der Waals surface area (Å²) in [6, 6.07) is -0.106. The summed E-state index contributed by atoms with van der Waals surface area (Å²) in [4.78, 5) is 0. The molecule has 4 atom stereocenters. The molecule has 0 spiro atoms. The highest BCUT2D eigenvalue weighted by molar-refractivity contribution is 5.08. The third kappa shape index (κ3) is 1.46. The molecule has 0 aromatic carbocycles. The first kappa shape index (κ1) is 10.4. The van der Waals surface area contributed by atoms with Crippen molar-refractivity contribution < 1.29 is 0 Å². The third-order valence-electron chi connectivity index (χ3n) is 3.94. The summed E-state index contributed by atoms with van der Waals surface area (Å²) in [5.74, 6) is 0.959. The Morgan fingerprint density at radius 2 is 1.21 bits per heavy atom. The molecule has 2 aliphatic rings. The summed E-state index contributed by atoms with van der Waals surface area (Å²) in [7, 11) is 3.10. The molecule has 2 saturated carbocycles. The second-order valence-corrected chi connectivity index (χ2v) is 4.69. The van der Waals surface area contributed by atoms with Crippen molar-refractivity contribution in [1.29, 1.82) is 0 Å². The zero-order valence-electron chi connectivity index (χ0n) is 8.85. The highest BCUT2D eigenvalue weighted by atomic mass is 16.5. The summed E-state index contributed by atoms with van der Waals surface area (Å²) in [6.45, 7) is 0. The lowest BCUT2D eigenvalue weighted by Gasteiger charge is -2.64. The van der Waals surface area contributed by atoms with E-state index in [4.69, 9.17) is 0 Å². The van der Waals surface area contributed by atoms with Gasteiger partial charge in [0.2, 0.25) is 0 Å². The maximum absolute atomic E-state index is 11.3. The van der Waals surface area contributed by atoms with E-state index < -0.39 is 0 Å². The number of hydrogen-bond acceptors (Lipinski definition) is 4. The van der Waals surface area contributed by atoms with Crippen molar-refractivity contribution in [2.24, 2.45) is 11.8 Å². The molecule has 4 heteroatoms. The van der Waals surface area contributed by atoms with Crippen LogP contribution in [0.4, 0.5) is 0 Å². The van der Waals surface area contributed by atoms with Gasteiger partial charge in [-0.15, -0.1) is 0 Å². The summed E-state index contributed by atoms with van der Waals surface area (Å²) < 4.78 is 0. The number of hydroxylamine groups is 4. The van der Waals surface area contributed by atoms with Gasteiger partial charge in [-0.2, -0.15) is 0 Å². The predicted octanol–water partition coefficient (Wildman–Crippen LogP) is 1.40. The standard InChI is InChI=1S/C10H18N2O2/c1-11(13)9-7-5-3-4-6-8(7)10(9)12(2)14/h7-10H,3-6H2,1-2H3/q-2. The molecule has 0 amide bonds. The average molecular weight is 198 g/mol. The third-order valence-corrected chi connectivity index (χ3v) is 3.94. The molecule has 0 aromatic rings. The Morgan fingerprint density at radius 3 is 1.50 bits per heavy atom. The van der Waals surface area contributed by atoms with Crippen molar-refractivity contribution in [3.8, 4) is 0 Å². The van der Waals surface area contributed by atoms with Crippen LogP contribution in [0.3, 0.4) is 0 Å². The molecule has 0 radical (unpaired) electrons. The Balaban J connectivity index is 2.07. The van der Waals surface area contributed by atoms with Crippen LogP contribution < -0.4 is 0 Å². The van der Waals surface area contributed by atoms with Gasteiger partial charge in [0.1, 0.15) is 0 Å². The second-order valence-electron chi connectivity index (χ2n) is 4.69. The zero-order valence-corrected chi connectivity index (χ0v) is 8.85. The molecular weight excluding hydrogens is 180 g/mol. The van der Waals surface area contributed by atoms with Crippen LogP contribution in [0, 0.1) is 22.3 Å². The molecule has 0 aliphatic heterocycles. The molecular formula is C10H18N2O2-2. The molecule has 4 nitrogen and oxygen atoms in total. The lowest BCUT2D eigenvalue weighted by molar-refractivity contribution is -0.0696. The fourth-order valence-corrected chi connectivity index (χ4v) is 3.37. The number of rotatable bonds is 2. The minimum atomic E-state index is -0.0530. The summed E-state index contributed by atoms with van der Waals surface area (Å²) in [6.07, 6.45) is 4.71. The van der Waals surface area contributed by atoms with E-state index in [2.05, 4.69) is 0 Å². The highest BCUT2D eigenvalue weighted by Gasteiger charge is 2.50. The van der Waals surface area contributed by atoms with Gasteiger partial charge in [-0.05, 0) is 38.8 Å². The van der Waals surface area contributed by atoms with Gasteiger partial charge < -0.3 is 20.5 Å². The first-order valence-corrected chi connectivity index (χ1v) is 5.43. The van der Waals surface area contributed by atoms with Crippen LogP contribution >= 0.6 is 0 Å². The summed E-state index contributed by atoms with van der Waals surface area (Å²) >= 11 is 0. The van der Waals surface area contributed by atoms with Gasteiger partial charge >= 0.3 is 0 Å². The van der Waals surface area contributed by atoms with Gasteiger partial charge in [0.25, 0.3) is 0 Å². The molecule has 0 bridgehead atoms. The Labute approximate surface area is 85.0 Å². The van der Waals surface area contributed by atoms with Gasteiger partial charge in [-0.3, -0.25) is 0 Å². The maximum Gasteiger partial charge on any atom is 0.0156 e.